The molecule has 0 saturated carbocycles. The number of rotatable bonds is 5. The van der Waals surface area contributed by atoms with Crippen molar-refractivity contribution in [3.05, 3.63) is 50.2 Å². The maximum atomic E-state index is 12.7. The smallest absolute Gasteiger partial charge is 0.243 e. The molecule has 3 rings (SSSR count). The fourth-order valence-electron chi connectivity index (χ4n) is 2.67. The van der Waals surface area contributed by atoms with Crippen LogP contribution in [0.2, 0.25) is 0 Å². The molecule has 1 saturated heterocycles. The second-order valence-electron chi connectivity index (χ2n) is 5.53. The molecule has 0 radical (unpaired) electrons. The average molecular weight is 462 g/mol. The highest BCUT2D eigenvalue weighted by Crippen LogP contribution is 2.19. The molecule has 124 valence electrons. The standard InChI is InChI=1S/C16H19IN2O2S2/c17-14-3-5-16(6-4-14)23(20,21)19-11-9-18(10-12-19)8-7-15-2-1-13-22-15/h1-6,13H,7-12H2. The number of benzene rings is 1. The quantitative estimate of drug-likeness (QED) is 0.642. The molecule has 0 N–H and O–H groups in total. The molecule has 0 atom stereocenters. The van der Waals surface area contributed by atoms with E-state index in [9.17, 15) is 8.42 Å². The normalized spacial score (nSPS) is 17.4. The molecule has 4 nitrogen and oxygen atoms in total. The highest BCUT2D eigenvalue weighted by Gasteiger charge is 2.28. The molecule has 2 aromatic rings. The van der Waals surface area contributed by atoms with E-state index in [1.807, 2.05) is 12.1 Å². The zero-order valence-electron chi connectivity index (χ0n) is 12.7. The Balaban J connectivity index is 1.56. The molecule has 1 fully saturated rings. The number of thiophene rings is 1. The third-order valence-electron chi connectivity index (χ3n) is 4.04. The maximum Gasteiger partial charge on any atom is 0.243 e. The fourth-order valence-corrected chi connectivity index (χ4v) is 5.15. The summed E-state index contributed by atoms with van der Waals surface area (Å²) in [7, 11) is -3.35. The average Bonchev–Trinajstić information content (AvgIpc) is 3.07. The Hall–Kier alpha value is -0.480. The number of piperazine rings is 1. The molecule has 1 aromatic heterocycles. The molecule has 2 heterocycles. The third-order valence-corrected chi connectivity index (χ3v) is 7.61. The lowest BCUT2D eigenvalue weighted by atomic mass is 10.3. The van der Waals surface area contributed by atoms with Crippen LogP contribution in [0.3, 0.4) is 0 Å². The molecule has 0 unspecified atom stereocenters. The van der Waals surface area contributed by atoms with Crippen molar-refractivity contribution in [2.75, 3.05) is 32.7 Å². The van der Waals surface area contributed by atoms with Crippen LogP contribution in [-0.2, 0) is 16.4 Å². The van der Waals surface area contributed by atoms with Crippen LogP contribution >= 0.6 is 33.9 Å². The van der Waals surface area contributed by atoms with Crippen molar-refractivity contribution < 1.29 is 8.42 Å². The highest BCUT2D eigenvalue weighted by molar-refractivity contribution is 14.1. The molecular weight excluding hydrogens is 443 g/mol. The van der Waals surface area contributed by atoms with E-state index in [0.29, 0.717) is 18.0 Å². The third kappa shape index (κ3) is 4.33. The van der Waals surface area contributed by atoms with Gasteiger partial charge in [0.15, 0.2) is 0 Å². The molecule has 1 aliphatic heterocycles. The Bertz CT molecular complexity index is 722. The minimum atomic E-state index is -3.35. The minimum Gasteiger partial charge on any atom is -0.300 e. The van der Waals surface area contributed by atoms with Crippen LogP contribution in [-0.4, -0.2) is 50.3 Å². The lowest BCUT2D eigenvalue weighted by Crippen LogP contribution is -2.48. The molecule has 0 amide bonds. The number of halogens is 1. The topological polar surface area (TPSA) is 40.6 Å². The van der Waals surface area contributed by atoms with Crippen molar-refractivity contribution >= 4 is 44.0 Å². The Labute approximate surface area is 155 Å². The van der Waals surface area contributed by atoms with E-state index in [1.54, 1.807) is 27.8 Å². The lowest BCUT2D eigenvalue weighted by molar-refractivity contribution is 0.190. The summed E-state index contributed by atoms with van der Waals surface area (Å²) < 4.78 is 28.0. The van der Waals surface area contributed by atoms with Crippen molar-refractivity contribution in [1.29, 1.82) is 0 Å². The summed E-state index contributed by atoms with van der Waals surface area (Å²) in [4.78, 5) is 4.13. The summed E-state index contributed by atoms with van der Waals surface area (Å²) in [5, 5.41) is 2.10. The summed E-state index contributed by atoms with van der Waals surface area (Å²) >= 11 is 3.96. The molecule has 0 bridgehead atoms. The molecule has 1 aliphatic rings. The van der Waals surface area contributed by atoms with Crippen LogP contribution in [0.25, 0.3) is 0 Å². The van der Waals surface area contributed by atoms with E-state index < -0.39 is 10.0 Å². The van der Waals surface area contributed by atoms with Crippen molar-refractivity contribution in [1.82, 2.24) is 9.21 Å². The van der Waals surface area contributed by atoms with E-state index in [2.05, 4.69) is 45.0 Å². The first-order valence-corrected chi connectivity index (χ1v) is 11.0. The van der Waals surface area contributed by atoms with Gasteiger partial charge in [-0.2, -0.15) is 4.31 Å². The summed E-state index contributed by atoms with van der Waals surface area (Å²) in [6, 6.07) is 11.3. The summed E-state index contributed by atoms with van der Waals surface area (Å²) in [5.41, 5.74) is 0. The van der Waals surface area contributed by atoms with Gasteiger partial charge in [-0.1, -0.05) is 6.07 Å². The number of sulfonamides is 1. The Morgan fingerprint density at radius 3 is 2.35 bits per heavy atom. The first-order valence-electron chi connectivity index (χ1n) is 7.56. The minimum absolute atomic E-state index is 0.393. The zero-order valence-corrected chi connectivity index (χ0v) is 16.5. The van der Waals surface area contributed by atoms with Gasteiger partial charge in [0.1, 0.15) is 0 Å². The predicted octanol–water partition coefficient (Wildman–Crippen LogP) is 2.90. The summed E-state index contributed by atoms with van der Waals surface area (Å²) in [6.45, 7) is 3.74. The number of hydrogen-bond acceptors (Lipinski definition) is 4. The van der Waals surface area contributed by atoms with Crippen molar-refractivity contribution in [3.8, 4) is 0 Å². The van der Waals surface area contributed by atoms with Crippen LogP contribution in [0.1, 0.15) is 4.88 Å². The summed E-state index contributed by atoms with van der Waals surface area (Å²) in [6.07, 6.45) is 1.04. The van der Waals surface area contributed by atoms with E-state index >= 15 is 0 Å². The van der Waals surface area contributed by atoms with Gasteiger partial charge in [0, 0.05) is 41.2 Å². The fraction of sp³-hybridized carbons (Fsp3) is 0.375. The second-order valence-corrected chi connectivity index (χ2v) is 9.74. The molecule has 23 heavy (non-hydrogen) atoms. The van der Waals surface area contributed by atoms with Crippen LogP contribution in [0, 0.1) is 3.57 Å². The van der Waals surface area contributed by atoms with Crippen LogP contribution in [0.5, 0.6) is 0 Å². The number of hydrogen-bond donors (Lipinski definition) is 0. The largest absolute Gasteiger partial charge is 0.300 e. The summed E-state index contributed by atoms with van der Waals surface area (Å²) in [5.74, 6) is 0. The van der Waals surface area contributed by atoms with Crippen LogP contribution in [0.15, 0.2) is 46.7 Å². The van der Waals surface area contributed by atoms with Crippen LogP contribution in [0.4, 0.5) is 0 Å². The van der Waals surface area contributed by atoms with E-state index in [1.165, 1.54) is 4.88 Å². The van der Waals surface area contributed by atoms with E-state index in [0.717, 1.165) is 29.6 Å². The monoisotopic (exact) mass is 462 g/mol. The van der Waals surface area contributed by atoms with Gasteiger partial charge in [0.2, 0.25) is 10.0 Å². The van der Waals surface area contributed by atoms with Gasteiger partial charge >= 0.3 is 0 Å². The van der Waals surface area contributed by atoms with Gasteiger partial charge in [-0.3, -0.25) is 0 Å². The van der Waals surface area contributed by atoms with Gasteiger partial charge in [0.25, 0.3) is 0 Å². The SMILES string of the molecule is O=S(=O)(c1ccc(I)cc1)N1CCN(CCc2cccs2)CC1. The second kappa shape index (κ2) is 7.60. The Morgan fingerprint density at radius 2 is 1.74 bits per heavy atom. The van der Waals surface area contributed by atoms with E-state index in [4.69, 9.17) is 0 Å². The van der Waals surface area contributed by atoms with Crippen molar-refractivity contribution in [2.24, 2.45) is 0 Å². The lowest BCUT2D eigenvalue weighted by Gasteiger charge is -2.33. The van der Waals surface area contributed by atoms with Crippen molar-refractivity contribution in [2.45, 2.75) is 11.3 Å². The maximum absolute atomic E-state index is 12.7. The molecular formula is C16H19IN2O2S2. The molecule has 7 heteroatoms. The van der Waals surface area contributed by atoms with Gasteiger partial charge in [-0.25, -0.2) is 8.42 Å². The Morgan fingerprint density at radius 1 is 1.04 bits per heavy atom. The molecule has 1 aromatic carbocycles. The highest BCUT2D eigenvalue weighted by atomic mass is 127. The molecule has 0 aliphatic carbocycles. The van der Waals surface area contributed by atoms with Gasteiger partial charge in [0.05, 0.1) is 4.90 Å². The molecule has 0 spiro atoms. The predicted molar refractivity (Wildman–Crippen MR) is 102 cm³/mol. The van der Waals surface area contributed by atoms with Gasteiger partial charge in [-0.05, 0) is 64.7 Å². The van der Waals surface area contributed by atoms with Gasteiger partial charge < -0.3 is 4.90 Å². The van der Waals surface area contributed by atoms with Crippen molar-refractivity contribution in [3.63, 3.8) is 0 Å². The zero-order chi connectivity index (χ0) is 16.3. The first-order chi connectivity index (χ1) is 11.1. The first kappa shape index (κ1) is 17.3. The van der Waals surface area contributed by atoms with E-state index in [-0.39, 0.29) is 0 Å². The number of nitrogens with zero attached hydrogens (tertiary/aromatic N) is 2. The van der Waals surface area contributed by atoms with Crippen LogP contribution < -0.4 is 0 Å². The Kier molecular flexibility index (Phi) is 5.74. The van der Waals surface area contributed by atoms with Gasteiger partial charge in [-0.15, -0.1) is 11.3 Å².